The van der Waals surface area contributed by atoms with E-state index in [0.717, 1.165) is 22.6 Å². The third-order valence-electron chi connectivity index (χ3n) is 3.81. The molecule has 0 aromatic heterocycles. The highest BCUT2D eigenvalue weighted by Gasteiger charge is 2.40. The maximum Gasteiger partial charge on any atom is 0.300 e. The van der Waals surface area contributed by atoms with Gasteiger partial charge in [0.2, 0.25) is 0 Å². The number of hydrogen-bond donors (Lipinski definition) is 0. The molecule has 26 heavy (non-hydrogen) atoms. The van der Waals surface area contributed by atoms with Crippen molar-refractivity contribution in [3.05, 3.63) is 73.8 Å². The molecule has 1 aliphatic heterocycles. The number of benzene rings is 2. The van der Waals surface area contributed by atoms with E-state index >= 15 is 0 Å². The maximum absolute atomic E-state index is 12.4. The van der Waals surface area contributed by atoms with Gasteiger partial charge in [-0.3, -0.25) is 25.0 Å². The molecule has 0 aliphatic carbocycles. The lowest BCUT2D eigenvalue weighted by Crippen LogP contribution is -2.26. The van der Waals surface area contributed by atoms with Crippen LogP contribution in [0.1, 0.15) is 11.1 Å². The molecule has 0 radical (unpaired) electrons. The number of hydrogen-bond acceptors (Lipinski definition) is 7. The second kappa shape index (κ2) is 6.59. The highest BCUT2D eigenvalue weighted by molar-refractivity contribution is 6.54. The Morgan fingerprint density at radius 1 is 1.12 bits per heavy atom. The van der Waals surface area contributed by atoms with E-state index in [2.05, 4.69) is 5.16 Å². The summed E-state index contributed by atoms with van der Waals surface area (Å²) in [7, 11) is 1.33. The minimum Gasteiger partial charge on any atom is -0.390 e. The van der Waals surface area contributed by atoms with Gasteiger partial charge in [0.05, 0.1) is 15.9 Å². The predicted molar refractivity (Wildman–Crippen MR) is 90.9 cm³/mol. The minimum atomic E-state index is -0.774. The predicted octanol–water partition coefficient (Wildman–Crippen LogP) is 2.40. The maximum atomic E-state index is 12.4. The van der Waals surface area contributed by atoms with Gasteiger partial charge in [0, 0.05) is 18.7 Å². The van der Waals surface area contributed by atoms with E-state index < -0.39 is 27.1 Å². The molecule has 0 bridgehead atoms. The van der Waals surface area contributed by atoms with Crippen molar-refractivity contribution in [3.8, 4) is 0 Å². The topological polar surface area (TPSA) is 128 Å². The lowest BCUT2D eigenvalue weighted by atomic mass is 10.1. The minimum absolute atomic E-state index is 0.00791. The van der Waals surface area contributed by atoms with Crippen LogP contribution in [-0.2, 0) is 16.2 Å². The van der Waals surface area contributed by atoms with Crippen LogP contribution in [0.4, 0.5) is 17.1 Å². The summed E-state index contributed by atoms with van der Waals surface area (Å²) in [5, 5.41) is 26.1. The summed E-state index contributed by atoms with van der Waals surface area (Å²) in [6.45, 7) is 0.0771. The van der Waals surface area contributed by atoms with Gasteiger partial charge in [-0.2, -0.15) is 0 Å². The number of anilines is 1. The van der Waals surface area contributed by atoms with E-state index in [1.807, 2.05) is 18.2 Å². The van der Waals surface area contributed by atoms with Crippen molar-refractivity contribution in [1.82, 2.24) is 0 Å². The molecule has 1 amide bonds. The number of non-ortho nitro benzene ring substituents is 1. The summed E-state index contributed by atoms with van der Waals surface area (Å²) in [6.07, 6.45) is 0. The average molecular weight is 356 g/mol. The number of oxime groups is 1. The molecule has 10 heteroatoms. The number of rotatable bonds is 5. The second-order valence-electron chi connectivity index (χ2n) is 5.44. The molecule has 2 aromatic rings. The van der Waals surface area contributed by atoms with Crippen LogP contribution < -0.4 is 4.90 Å². The Balaban J connectivity index is 2.02. The third-order valence-corrected chi connectivity index (χ3v) is 3.81. The van der Waals surface area contributed by atoms with Crippen molar-refractivity contribution in [2.24, 2.45) is 5.16 Å². The first kappa shape index (κ1) is 17.0. The van der Waals surface area contributed by atoms with E-state index in [0.29, 0.717) is 0 Å². The number of carbonyl (C=O) groups is 1. The molecule has 0 atom stereocenters. The van der Waals surface area contributed by atoms with Gasteiger partial charge in [-0.25, -0.2) is 0 Å². The Morgan fingerprint density at radius 2 is 1.81 bits per heavy atom. The van der Waals surface area contributed by atoms with E-state index in [9.17, 15) is 25.0 Å². The first-order chi connectivity index (χ1) is 12.4. The summed E-state index contributed by atoms with van der Waals surface area (Å²) in [4.78, 5) is 39.4. The van der Waals surface area contributed by atoms with E-state index in [1.165, 1.54) is 7.05 Å². The Kier molecular flexibility index (Phi) is 4.31. The molecule has 3 rings (SSSR count). The molecule has 10 nitrogen and oxygen atoms in total. The Bertz CT molecular complexity index is 941. The second-order valence-corrected chi connectivity index (χ2v) is 5.44. The van der Waals surface area contributed by atoms with Crippen molar-refractivity contribution in [2.45, 2.75) is 6.61 Å². The average Bonchev–Trinajstić information content (AvgIpc) is 2.86. The first-order valence-corrected chi connectivity index (χ1v) is 7.39. The lowest BCUT2D eigenvalue weighted by molar-refractivity contribution is -0.393. The largest absolute Gasteiger partial charge is 0.390 e. The Morgan fingerprint density at radius 3 is 2.42 bits per heavy atom. The smallest absolute Gasteiger partial charge is 0.300 e. The van der Waals surface area contributed by atoms with Gasteiger partial charge in [-0.15, -0.1) is 0 Å². The van der Waals surface area contributed by atoms with Crippen molar-refractivity contribution in [1.29, 1.82) is 0 Å². The zero-order chi connectivity index (χ0) is 18.8. The molecule has 2 aromatic carbocycles. The SMILES string of the molecule is CN1C(=O)/C(=N\OCc2ccccc2)c2cc([N+](=O)[O-])cc([N+](=O)[O-])c21. The number of likely N-dealkylation sites (N-methyl/N-ethyl adjacent to an activating group) is 1. The van der Waals surface area contributed by atoms with E-state index in [4.69, 9.17) is 4.84 Å². The Labute approximate surface area is 146 Å². The molecule has 0 N–H and O–H groups in total. The molecule has 132 valence electrons. The quantitative estimate of drug-likeness (QED) is 0.597. The highest BCUT2D eigenvalue weighted by Crippen LogP contribution is 2.40. The zero-order valence-corrected chi connectivity index (χ0v) is 13.5. The van der Waals surface area contributed by atoms with Crippen molar-refractivity contribution < 1.29 is 19.5 Å². The van der Waals surface area contributed by atoms with Gasteiger partial charge in [-0.05, 0) is 5.56 Å². The van der Waals surface area contributed by atoms with Crippen LogP contribution in [-0.4, -0.2) is 28.5 Å². The molecule has 0 saturated carbocycles. The van der Waals surface area contributed by atoms with Gasteiger partial charge in [0.15, 0.2) is 5.71 Å². The van der Waals surface area contributed by atoms with Crippen LogP contribution in [0.5, 0.6) is 0 Å². The van der Waals surface area contributed by atoms with Crippen LogP contribution in [0.15, 0.2) is 47.6 Å². The lowest BCUT2D eigenvalue weighted by Gasteiger charge is -2.08. The highest BCUT2D eigenvalue weighted by atomic mass is 16.6. The van der Waals surface area contributed by atoms with Gasteiger partial charge < -0.3 is 9.74 Å². The van der Waals surface area contributed by atoms with Crippen LogP contribution in [0.25, 0.3) is 0 Å². The summed E-state index contributed by atoms with van der Waals surface area (Å²) < 4.78 is 0. The Hall–Kier alpha value is -3.82. The molecule has 0 saturated heterocycles. The van der Waals surface area contributed by atoms with Crippen LogP contribution >= 0.6 is 0 Å². The normalized spacial score (nSPS) is 14.4. The van der Waals surface area contributed by atoms with Crippen molar-refractivity contribution in [3.63, 3.8) is 0 Å². The third kappa shape index (κ3) is 2.95. The number of fused-ring (bicyclic) bond motifs is 1. The fourth-order valence-corrected chi connectivity index (χ4v) is 2.59. The number of carbonyl (C=O) groups excluding carboxylic acids is 1. The van der Waals surface area contributed by atoms with Gasteiger partial charge in [-0.1, -0.05) is 35.5 Å². The summed E-state index contributed by atoms with van der Waals surface area (Å²) in [5.41, 5.74) is -0.516. The number of nitro benzene ring substituents is 2. The fraction of sp³-hybridized carbons (Fsp3) is 0.125. The standard InChI is InChI=1S/C16H12N4O6/c1-18-15-12(7-11(19(22)23)8-13(15)20(24)25)14(16(18)21)17-26-9-10-5-3-2-4-6-10/h2-8H,9H2,1H3/b17-14-. The fourth-order valence-electron chi connectivity index (χ4n) is 2.59. The van der Waals surface area contributed by atoms with E-state index in [-0.39, 0.29) is 23.6 Å². The molecule has 0 spiro atoms. The van der Waals surface area contributed by atoms with Crippen LogP contribution in [0.2, 0.25) is 0 Å². The molecular formula is C16H12N4O6. The van der Waals surface area contributed by atoms with Gasteiger partial charge >= 0.3 is 5.69 Å². The molecular weight excluding hydrogens is 344 g/mol. The monoisotopic (exact) mass is 356 g/mol. The van der Waals surface area contributed by atoms with Crippen molar-refractivity contribution in [2.75, 3.05) is 11.9 Å². The summed E-state index contributed by atoms with van der Waals surface area (Å²) >= 11 is 0. The van der Waals surface area contributed by atoms with Crippen molar-refractivity contribution >= 4 is 28.7 Å². The number of amides is 1. The van der Waals surface area contributed by atoms with Gasteiger partial charge in [0.1, 0.15) is 12.3 Å². The number of nitro groups is 2. The summed E-state index contributed by atoms with van der Waals surface area (Å²) in [6, 6.07) is 10.9. The van der Waals surface area contributed by atoms with Crippen LogP contribution in [0, 0.1) is 20.2 Å². The molecule has 0 unspecified atom stereocenters. The number of nitrogens with zero attached hydrogens (tertiary/aromatic N) is 4. The molecule has 0 fully saturated rings. The molecule has 1 heterocycles. The first-order valence-electron chi connectivity index (χ1n) is 7.39. The molecule has 1 aliphatic rings. The van der Waals surface area contributed by atoms with Gasteiger partial charge in [0.25, 0.3) is 11.6 Å². The zero-order valence-electron chi connectivity index (χ0n) is 13.5. The summed E-state index contributed by atoms with van der Waals surface area (Å²) in [5.74, 6) is -0.642. The van der Waals surface area contributed by atoms with Crippen LogP contribution in [0.3, 0.4) is 0 Å². The van der Waals surface area contributed by atoms with E-state index in [1.54, 1.807) is 12.1 Å².